The van der Waals surface area contributed by atoms with Crippen LogP contribution in [0.25, 0.3) is 0 Å². The van der Waals surface area contributed by atoms with Crippen molar-refractivity contribution >= 4 is 0 Å². The molecule has 0 aliphatic rings. The molecule has 0 bridgehead atoms. The van der Waals surface area contributed by atoms with Crippen LogP contribution in [0.15, 0.2) is 24.4 Å². The molecule has 22 heavy (non-hydrogen) atoms. The van der Waals surface area contributed by atoms with E-state index in [-0.39, 0.29) is 16.7 Å². The summed E-state index contributed by atoms with van der Waals surface area (Å²) >= 11 is 0. The van der Waals surface area contributed by atoms with Crippen molar-refractivity contribution in [3.05, 3.63) is 64.5 Å². The van der Waals surface area contributed by atoms with Crippen molar-refractivity contribution in [3.63, 3.8) is 0 Å². The fourth-order valence-electron chi connectivity index (χ4n) is 2.52. The minimum Gasteiger partial charge on any atom is -0.326 e. The monoisotopic (exact) mass is 313 g/mol. The zero-order valence-electron chi connectivity index (χ0n) is 12.0. The third-order valence-electron chi connectivity index (χ3n) is 3.70. The Bertz CT molecular complexity index is 718. The standard InChI is InChI=1S/C15H15F4N3/c1-7-5-10(16)13(18)14(19)12(7)15(21,8(2)20)9-3-4-22-11(17)6-9/h3-6,8H,20-21H2,1-2H3/t8?,15-/m0/s1. The van der Waals surface area contributed by atoms with Gasteiger partial charge in [-0.1, -0.05) is 0 Å². The van der Waals surface area contributed by atoms with Crippen molar-refractivity contribution in [1.82, 2.24) is 4.98 Å². The van der Waals surface area contributed by atoms with Crippen LogP contribution in [-0.2, 0) is 5.54 Å². The first-order chi connectivity index (χ1) is 10.2. The highest BCUT2D eigenvalue weighted by Crippen LogP contribution is 2.35. The Labute approximate surface area is 125 Å². The first-order valence-corrected chi connectivity index (χ1v) is 6.50. The number of nitrogens with zero attached hydrogens (tertiary/aromatic N) is 1. The van der Waals surface area contributed by atoms with Crippen LogP contribution in [0.5, 0.6) is 0 Å². The molecule has 0 spiro atoms. The van der Waals surface area contributed by atoms with E-state index in [1.165, 1.54) is 19.9 Å². The molecule has 2 atom stereocenters. The summed E-state index contributed by atoms with van der Waals surface area (Å²) in [5, 5.41) is 0. The fourth-order valence-corrected chi connectivity index (χ4v) is 2.52. The number of aromatic nitrogens is 1. The van der Waals surface area contributed by atoms with Crippen molar-refractivity contribution < 1.29 is 17.6 Å². The van der Waals surface area contributed by atoms with Gasteiger partial charge >= 0.3 is 0 Å². The number of rotatable bonds is 3. The van der Waals surface area contributed by atoms with Crippen LogP contribution in [0.3, 0.4) is 0 Å². The Morgan fingerprint density at radius 3 is 2.32 bits per heavy atom. The Morgan fingerprint density at radius 1 is 1.14 bits per heavy atom. The molecule has 1 aromatic carbocycles. The largest absolute Gasteiger partial charge is 0.326 e. The van der Waals surface area contributed by atoms with E-state index in [1.807, 2.05) is 0 Å². The number of halogens is 4. The second kappa shape index (κ2) is 5.66. The van der Waals surface area contributed by atoms with Crippen molar-refractivity contribution in [1.29, 1.82) is 0 Å². The van der Waals surface area contributed by atoms with Gasteiger partial charge in [0.1, 0.15) is 0 Å². The molecule has 2 rings (SSSR count). The molecule has 0 amide bonds. The van der Waals surface area contributed by atoms with Crippen LogP contribution in [0.4, 0.5) is 17.6 Å². The molecule has 1 aromatic heterocycles. The summed E-state index contributed by atoms with van der Waals surface area (Å²) in [5.41, 5.74) is 10.2. The van der Waals surface area contributed by atoms with Gasteiger partial charge in [0.25, 0.3) is 0 Å². The first kappa shape index (κ1) is 16.4. The van der Waals surface area contributed by atoms with Crippen molar-refractivity contribution in [2.45, 2.75) is 25.4 Å². The molecule has 7 heteroatoms. The molecule has 0 fully saturated rings. The average molecular weight is 313 g/mol. The Balaban J connectivity index is 2.81. The predicted molar refractivity (Wildman–Crippen MR) is 73.9 cm³/mol. The van der Waals surface area contributed by atoms with Crippen molar-refractivity contribution in [2.24, 2.45) is 11.5 Å². The zero-order valence-corrected chi connectivity index (χ0v) is 12.0. The maximum atomic E-state index is 14.3. The lowest BCUT2D eigenvalue weighted by Gasteiger charge is -2.36. The Kier molecular flexibility index (Phi) is 4.21. The summed E-state index contributed by atoms with van der Waals surface area (Å²) in [6.07, 6.45) is 1.14. The van der Waals surface area contributed by atoms with Crippen LogP contribution in [0, 0.1) is 30.3 Å². The van der Waals surface area contributed by atoms with E-state index in [0.29, 0.717) is 0 Å². The Morgan fingerprint density at radius 2 is 1.77 bits per heavy atom. The van der Waals surface area contributed by atoms with Gasteiger partial charge in [0.15, 0.2) is 17.5 Å². The third-order valence-corrected chi connectivity index (χ3v) is 3.70. The normalized spacial score (nSPS) is 15.5. The van der Waals surface area contributed by atoms with Gasteiger partial charge in [0, 0.05) is 17.8 Å². The van der Waals surface area contributed by atoms with Crippen LogP contribution in [0.2, 0.25) is 0 Å². The molecule has 0 saturated carbocycles. The summed E-state index contributed by atoms with van der Waals surface area (Å²) in [6.45, 7) is 2.85. The molecule has 118 valence electrons. The van der Waals surface area contributed by atoms with Crippen LogP contribution in [-0.4, -0.2) is 11.0 Å². The van der Waals surface area contributed by atoms with Crippen molar-refractivity contribution in [2.75, 3.05) is 0 Å². The highest BCUT2D eigenvalue weighted by atomic mass is 19.2. The molecule has 2 aromatic rings. The number of aryl methyl sites for hydroxylation is 1. The lowest BCUT2D eigenvalue weighted by Crippen LogP contribution is -2.53. The first-order valence-electron chi connectivity index (χ1n) is 6.50. The van der Waals surface area contributed by atoms with Crippen LogP contribution >= 0.6 is 0 Å². The lowest BCUT2D eigenvalue weighted by molar-refractivity contribution is 0.386. The number of hydrogen-bond donors (Lipinski definition) is 2. The minimum atomic E-state index is -1.74. The average Bonchev–Trinajstić information content (AvgIpc) is 2.44. The third kappa shape index (κ3) is 2.46. The second-order valence-electron chi connectivity index (χ2n) is 5.20. The van der Waals surface area contributed by atoms with Gasteiger partial charge in [-0.2, -0.15) is 4.39 Å². The second-order valence-corrected chi connectivity index (χ2v) is 5.20. The van der Waals surface area contributed by atoms with Gasteiger partial charge in [0.05, 0.1) is 5.54 Å². The topological polar surface area (TPSA) is 64.9 Å². The summed E-state index contributed by atoms with van der Waals surface area (Å²) in [4.78, 5) is 3.39. The van der Waals surface area contributed by atoms with E-state index in [9.17, 15) is 17.6 Å². The van der Waals surface area contributed by atoms with Gasteiger partial charge in [-0.05, 0) is 43.2 Å². The highest BCUT2D eigenvalue weighted by molar-refractivity contribution is 5.45. The maximum Gasteiger partial charge on any atom is 0.213 e. The van der Waals surface area contributed by atoms with E-state index in [1.54, 1.807) is 0 Å². The molecule has 3 nitrogen and oxygen atoms in total. The summed E-state index contributed by atoms with van der Waals surface area (Å²) in [7, 11) is 0. The maximum absolute atomic E-state index is 14.3. The molecule has 0 saturated heterocycles. The number of hydrogen-bond acceptors (Lipinski definition) is 3. The molecular weight excluding hydrogens is 298 g/mol. The van der Waals surface area contributed by atoms with Gasteiger partial charge in [0.2, 0.25) is 5.95 Å². The zero-order chi connectivity index (χ0) is 16.7. The quantitative estimate of drug-likeness (QED) is 0.520. The fraction of sp³-hybridized carbons (Fsp3) is 0.267. The van der Waals surface area contributed by atoms with E-state index in [2.05, 4.69) is 4.98 Å². The molecule has 0 radical (unpaired) electrons. The predicted octanol–water partition coefficient (Wildman–Crippen LogP) is 2.50. The van der Waals surface area contributed by atoms with E-state index in [0.717, 1.165) is 18.3 Å². The lowest BCUT2D eigenvalue weighted by atomic mass is 9.76. The van der Waals surface area contributed by atoms with Gasteiger partial charge < -0.3 is 11.5 Å². The highest BCUT2D eigenvalue weighted by Gasteiger charge is 2.39. The molecule has 0 aliphatic heterocycles. The SMILES string of the molecule is Cc1cc(F)c(F)c(F)c1[C@@](N)(c1ccnc(F)c1)C(C)N. The van der Waals surface area contributed by atoms with Crippen LogP contribution in [0.1, 0.15) is 23.6 Å². The molecule has 1 heterocycles. The van der Waals surface area contributed by atoms with Crippen molar-refractivity contribution in [3.8, 4) is 0 Å². The Hall–Kier alpha value is -1.99. The number of pyridine rings is 1. The number of nitrogens with two attached hydrogens (primary N) is 2. The smallest absolute Gasteiger partial charge is 0.213 e. The van der Waals surface area contributed by atoms with Gasteiger partial charge in [-0.3, -0.25) is 0 Å². The molecule has 1 unspecified atom stereocenters. The molecule has 4 N–H and O–H groups in total. The summed E-state index contributed by atoms with van der Waals surface area (Å²) < 4.78 is 54.6. The van der Waals surface area contributed by atoms with E-state index in [4.69, 9.17) is 11.5 Å². The molecule has 0 aliphatic carbocycles. The van der Waals surface area contributed by atoms with E-state index >= 15 is 0 Å². The summed E-state index contributed by atoms with van der Waals surface area (Å²) in [5.74, 6) is -5.25. The summed E-state index contributed by atoms with van der Waals surface area (Å²) in [6, 6.07) is 2.26. The van der Waals surface area contributed by atoms with E-state index < -0.39 is 35.0 Å². The van der Waals surface area contributed by atoms with Gasteiger partial charge in [-0.15, -0.1) is 0 Å². The van der Waals surface area contributed by atoms with Gasteiger partial charge in [-0.25, -0.2) is 18.2 Å². The number of benzene rings is 1. The minimum absolute atomic E-state index is 0.0772. The van der Waals surface area contributed by atoms with Crippen LogP contribution < -0.4 is 11.5 Å². The molecular formula is C15H15F4N3.